The minimum atomic E-state index is -0.378. The van der Waals surface area contributed by atoms with Gasteiger partial charge in [0.25, 0.3) is 5.69 Å². The molecule has 0 radical (unpaired) electrons. The Bertz CT molecular complexity index is 635. The molecule has 0 aliphatic rings. The molecule has 0 atom stereocenters. The van der Waals surface area contributed by atoms with Crippen LogP contribution in [0, 0.1) is 17.0 Å². The number of benzene rings is 1. The van der Waals surface area contributed by atoms with Gasteiger partial charge in [0, 0.05) is 18.8 Å². The zero-order valence-electron chi connectivity index (χ0n) is 12.0. The van der Waals surface area contributed by atoms with Crippen LogP contribution < -0.4 is 5.32 Å². The summed E-state index contributed by atoms with van der Waals surface area (Å²) >= 11 is 5.98. The molecule has 0 fully saturated rings. The number of aryl methyl sites for hydroxylation is 1. The molecule has 0 aliphatic heterocycles. The van der Waals surface area contributed by atoms with Gasteiger partial charge in [-0.3, -0.25) is 14.8 Å². The number of hydrogen-bond donors (Lipinski definition) is 1. The van der Waals surface area contributed by atoms with Crippen molar-refractivity contribution in [2.75, 3.05) is 11.9 Å². The maximum atomic E-state index is 11.0. The molecule has 0 saturated carbocycles. The van der Waals surface area contributed by atoms with E-state index in [0.29, 0.717) is 23.8 Å². The van der Waals surface area contributed by atoms with Crippen molar-refractivity contribution in [2.45, 2.75) is 26.8 Å². The molecule has 7 heteroatoms. The Morgan fingerprint density at radius 1 is 1.48 bits per heavy atom. The molecule has 0 unspecified atom stereocenters. The van der Waals surface area contributed by atoms with Crippen molar-refractivity contribution in [1.82, 2.24) is 9.78 Å². The number of aromatic nitrogens is 2. The van der Waals surface area contributed by atoms with E-state index < -0.39 is 0 Å². The first-order chi connectivity index (χ1) is 10.0. The number of nitro groups is 1. The highest BCUT2D eigenvalue weighted by Crippen LogP contribution is 2.26. The second-order valence-electron chi connectivity index (χ2n) is 4.80. The Kier molecular flexibility index (Phi) is 4.80. The van der Waals surface area contributed by atoms with Gasteiger partial charge in [-0.25, -0.2) is 0 Å². The van der Waals surface area contributed by atoms with Crippen molar-refractivity contribution >= 4 is 23.0 Å². The Hall–Kier alpha value is -2.08. The van der Waals surface area contributed by atoms with Crippen LogP contribution in [0.4, 0.5) is 11.4 Å². The first kappa shape index (κ1) is 15.3. The summed E-state index contributed by atoms with van der Waals surface area (Å²) in [6.45, 7) is 5.06. The highest BCUT2D eigenvalue weighted by molar-refractivity contribution is 6.31. The van der Waals surface area contributed by atoms with Gasteiger partial charge in [-0.1, -0.05) is 24.6 Å². The number of anilines is 1. The number of rotatable bonds is 6. The van der Waals surface area contributed by atoms with Gasteiger partial charge in [-0.15, -0.1) is 0 Å². The largest absolute Gasteiger partial charge is 0.379 e. The quantitative estimate of drug-likeness (QED) is 0.653. The average Bonchev–Trinajstić information content (AvgIpc) is 2.74. The van der Waals surface area contributed by atoms with Gasteiger partial charge >= 0.3 is 0 Å². The molecular formula is C14H17ClN4O2. The van der Waals surface area contributed by atoms with Crippen LogP contribution in [0.1, 0.15) is 24.6 Å². The van der Waals surface area contributed by atoms with Crippen LogP contribution >= 0.6 is 11.6 Å². The minimum Gasteiger partial charge on any atom is -0.379 e. The fraction of sp³-hybridized carbons (Fsp3) is 0.357. The maximum absolute atomic E-state index is 11.0. The van der Waals surface area contributed by atoms with E-state index in [9.17, 15) is 10.1 Å². The van der Waals surface area contributed by atoms with Gasteiger partial charge in [-0.05, 0) is 25.0 Å². The van der Waals surface area contributed by atoms with Crippen LogP contribution in [0.15, 0.2) is 24.4 Å². The molecule has 0 amide bonds. The number of nitro benzene ring substituents is 1. The van der Waals surface area contributed by atoms with E-state index in [2.05, 4.69) is 10.4 Å². The third-order valence-corrected chi connectivity index (χ3v) is 3.43. The van der Waals surface area contributed by atoms with Crippen LogP contribution in [0.5, 0.6) is 0 Å². The van der Waals surface area contributed by atoms with Crippen LogP contribution in [0.3, 0.4) is 0 Å². The highest BCUT2D eigenvalue weighted by Gasteiger charge is 2.14. The molecular weight excluding hydrogens is 292 g/mol. The van der Waals surface area contributed by atoms with Gasteiger partial charge in [0.1, 0.15) is 5.69 Å². The summed E-state index contributed by atoms with van der Waals surface area (Å²) < 4.78 is 1.72. The lowest BCUT2D eigenvalue weighted by Crippen LogP contribution is -2.06. The second kappa shape index (κ2) is 6.58. The van der Waals surface area contributed by atoms with Crippen LogP contribution in [-0.4, -0.2) is 21.2 Å². The monoisotopic (exact) mass is 308 g/mol. The molecule has 1 aromatic heterocycles. The molecule has 0 aliphatic carbocycles. The van der Waals surface area contributed by atoms with Crippen LogP contribution in [0.2, 0.25) is 5.02 Å². The Balaban J connectivity index is 2.25. The molecule has 112 valence electrons. The summed E-state index contributed by atoms with van der Waals surface area (Å²) in [5, 5.41) is 19.0. The molecule has 0 bridgehead atoms. The molecule has 6 nitrogen and oxygen atoms in total. The number of nitrogens with zero attached hydrogens (tertiary/aromatic N) is 3. The third-order valence-electron chi connectivity index (χ3n) is 3.05. The van der Waals surface area contributed by atoms with Gasteiger partial charge in [0.2, 0.25) is 0 Å². The zero-order valence-corrected chi connectivity index (χ0v) is 12.7. The van der Waals surface area contributed by atoms with Gasteiger partial charge in [0.05, 0.1) is 22.2 Å². The van der Waals surface area contributed by atoms with E-state index in [1.165, 1.54) is 6.07 Å². The van der Waals surface area contributed by atoms with E-state index in [4.69, 9.17) is 11.6 Å². The van der Waals surface area contributed by atoms with Gasteiger partial charge in [0.15, 0.2) is 0 Å². The standard InChI is InChI=1S/C14H17ClN4O2/c1-3-6-16-13-7-11(4-5-14(13)19(20)21)8-18-9-12(15)10(2)17-18/h4-5,7,9,16H,3,6,8H2,1-2H3. The lowest BCUT2D eigenvalue weighted by atomic mass is 10.1. The molecule has 2 aromatic rings. The fourth-order valence-corrected chi connectivity index (χ4v) is 2.15. The first-order valence-electron chi connectivity index (χ1n) is 6.72. The van der Waals surface area contributed by atoms with Gasteiger partial charge in [-0.2, -0.15) is 5.10 Å². The predicted molar refractivity (Wildman–Crippen MR) is 83.0 cm³/mol. The summed E-state index contributed by atoms with van der Waals surface area (Å²) in [5.74, 6) is 0. The van der Waals surface area contributed by atoms with E-state index in [1.54, 1.807) is 23.0 Å². The van der Waals surface area contributed by atoms with Crippen molar-refractivity contribution in [3.05, 3.63) is 50.8 Å². The Labute approximate surface area is 127 Å². The summed E-state index contributed by atoms with van der Waals surface area (Å²) in [5.41, 5.74) is 2.32. The second-order valence-corrected chi connectivity index (χ2v) is 5.20. The highest BCUT2D eigenvalue weighted by atomic mass is 35.5. The minimum absolute atomic E-state index is 0.0851. The summed E-state index contributed by atoms with van der Waals surface area (Å²) in [6.07, 6.45) is 2.65. The lowest BCUT2D eigenvalue weighted by molar-refractivity contribution is -0.384. The van der Waals surface area contributed by atoms with E-state index in [-0.39, 0.29) is 10.6 Å². The van der Waals surface area contributed by atoms with Crippen molar-refractivity contribution in [3.8, 4) is 0 Å². The number of nitrogens with one attached hydrogen (secondary N) is 1. The molecule has 1 N–H and O–H groups in total. The number of halogens is 1. The van der Waals surface area contributed by atoms with Crippen molar-refractivity contribution < 1.29 is 4.92 Å². The Morgan fingerprint density at radius 2 is 2.24 bits per heavy atom. The summed E-state index contributed by atoms with van der Waals surface area (Å²) in [6, 6.07) is 5.05. The molecule has 0 spiro atoms. The molecule has 21 heavy (non-hydrogen) atoms. The van der Waals surface area contributed by atoms with E-state index in [1.807, 2.05) is 13.8 Å². The lowest BCUT2D eigenvalue weighted by Gasteiger charge is -2.08. The van der Waals surface area contributed by atoms with Crippen LogP contribution in [0.25, 0.3) is 0 Å². The maximum Gasteiger partial charge on any atom is 0.292 e. The van der Waals surface area contributed by atoms with Crippen LogP contribution in [-0.2, 0) is 6.54 Å². The van der Waals surface area contributed by atoms with Gasteiger partial charge < -0.3 is 5.32 Å². The topological polar surface area (TPSA) is 73.0 Å². The Morgan fingerprint density at radius 3 is 2.81 bits per heavy atom. The normalized spacial score (nSPS) is 10.6. The molecule has 0 saturated heterocycles. The zero-order chi connectivity index (χ0) is 15.4. The van der Waals surface area contributed by atoms with E-state index in [0.717, 1.165) is 17.7 Å². The fourth-order valence-electron chi connectivity index (χ4n) is 2.00. The molecule has 1 heterocycles. The predicted octanol–water partition coefficient (Wildman–Crippen LogP) is 3.62. The van der Waals surface area contributed by atoms with Crippen molar-refractivity contribution in [2.24, 2.45) is 0 Å². The van der Waals surface area contributed by atoms with Crippen molar-refractivity contribution in [3.63, 3.8) is 0 Å². The smallest absolute Gasteiger partial charge is 0.292 e. The number of hydrogen-bond acceptors (Lipinski definition) is 4. The SMILES string of the molecule is CCCNc1cc(Cn2cc(Cl)c(C)n2)ccc1[N+](=O)[O-]. The molecule has 1 aromatic carbocycles. The third kappa shape index (κ3) is 3.72. The van der Waals surface area contributed by atoms with Crippen molar-refractivity contribution in [1.29, 1.82) is 0 Å². The summed E-state index contributed by atoms with van der Waals surface area (Å²) in [7, 11) is 0. The average molecular weight is 309 g/mol. The summed E-state index contributed by atoms with van der Waals surface area (Å²) in [4.78, 5) is 10.7. The first-order valence-corrected chi connectivity index (χ1v) is 7.09. The molecule has 2 rings (SSSR count). The van der Waals surface area contributed by atoms with E-state index >= 15 is 0 Å².